The molecule has 0 heterocycles. The number of rotatable bonds is 6. The van der Waals surface area contributed by atoms with Gasteiger partial charge in [-0.15, -0.1) is 0 Å². The zero-order valence-electron chi connectivity index (χ0n) is 10.5. The maximum Gasteiger partial charge on any atom is 0.269 e. The van der Waals surface area contributed by atoms with E-state index in [1.165, 1.54) is 25.0 Å². The average molecular weight is 250 g/mol. The first-order chi connectivity index (χ1) is 8.65. The molecular weight excluding hydrogens is 232 g/mol. The van der Waals surface area contributed by atoms with Gasteiger partial charge in [0.1, 0.15) is 12.4 Å². The van der Waals surface area contributed by atoms with Crippen LogP contribution in [0.5, 0.6) is 5.75 Å². The van der Waals surface area contributed by atoms with E-state index in [1.807, 2.05) is 0 Å². The van der Waals surface area contributed by atoms with Gasteiger partial charge in [0.05, 0.1) is 4.92 Å². The van der Waals surface area contributed by atoms with E-state index in [1.54, 1.807) is 12.1 Å². The SMILES string of the molecule is CC1CC(NCCOc2ccc([N+](=O)[O-])cc2)C1. The lowest BCUT2D eigenvalue weighted by atomic mass is 9.82. The van der Waals surface area contributed by atoms with Crippen LogP contribution in [0.4, 0.5) is 5.69 Å². The minimum absolute atomic E-state index is 0.0870. The van der Waals surface area contributed by atoms with Gasteiger partial charge in [-0.3, -0.25) is 10.1 Å². The maximum absolute atomic E-state index is 10.5. The van der Waals surface area contributed by atoms with Gasteiger partial charge in [-0.05, 0) is 30.9 Å². The molecule has 0 amide bonds. The lowest BCUT2D eigenvalue weighted by molar-refractivity contribution is -0.384. The smallest absolute Gasteiger partial charge is 0.269 e. The molecule has 1 N–H and O–H groups in total. The van der Waals surface area contributed by atoms with E-state index < -0.39 is 4.92 Å². The van der Waals surface area contributed by atoms with Gasteiger partial charge >= 0.3 is 0 Å². The molecule has 1 aromatic carbocycles. The van der Waals surface area contributed by atoms with Crippen LogP contribution in [0, 0.1) is 16.0 Å². The van der Waals surface area contributed by atoms with Crippen LogP contribution >= 0.6 is 0 Å². The summed E-state index contributed by atoms with van der Waals surface area (Å²) in [4.78, 5) is 10.1. The second-order valence-electron chi connectivity index (χ2n) is 4.83. The molecule has 1 saturated carbocycles. The molecule has 5 nitrogen and oxygen atoms in total. The molecule has 18 heavy (non-hydrogen) atoms. The Bertz CT molecular complexity index is 399. The lowest BCUT2D eigenvalue weighted by Gasteiger charge is -2.33. The van der Waals surface area contributed by atoms with Crippen molar-refractivity contribution in [2.45, 2.75) is 25.8 Å². The normalized spacial score (nSPS) is 22.3. The average Bonchev–Trinajstić information content (AvgIpc) is 2.32. The number of nitrogens with one attached hydrogen (secondary N) is 1. The fraction of sp³-hybridized carbons (Fsp3) is 0.538. The Morgan fingerprint density at radius 2 is 2.06 bits per heavy atom. The van der Waals surface area contributed by atoms with Gasteiger partial charge in [0.15, 0.2) is 0 Å². The van der Waals surface area contributed by atoms with Gasteiger partial charge in [0, 0.05) is 24.7 Å². The highest BCUT2D eigenvalue weighted by Gasteiger charge is 2.24. The Hall–Kier alpha value is -1.62. The van der Waals surface area contributed by atoms with E-state index in [0.29, 0.717) is 18.4 Å². The van der Waals surface area contributed by atoms with Crippen molar-refractivity contribution in [1.82, 2.24) is 5.32 Å². The van der Waals surface area contributed by atoms with Crippen molar-refractivity contribution in [2.24, 2.45) is 5.92 Å². The summed E-state index contributed by atoms with van der Waals surface area (Å²) < 4.78 is 5.50. The molecule has 1 aromatic rings. The Balaban J connectivity index is 1.65. The minimum atomic E-state index is -0.414. The molecule has 1 aliphatic carbocycles. The molecule has 5 heteroatoms. The highest BCUT2D eigenvalue weighted by Crippen LogP contribution is 2.25. The summed E-state index contributed by atoms with van der Waals surface area (Å²) in [6.07, 6.45) is 2.50. The van der Waals surface area contributed by atoms with Crippen LogP contribution in [-0.4, -0.2) is 24.1 Å². The number of nitro groups is 1. The van der Waals surface area contributed by atoms with Gasteiger partial charge in [-0.25, -0.2) is 0 Å². The van der Waals surface area contributed by atoms with Crippen molar-refractivity contribution in [3.8, 4) is 5.75 Å². The van der Waals surface area contributed by atoms with Crippen LogP contribution < -0.4 is 10.1 Å². The van der Waals surface area contributed by atoms with Gasteiger partial charge in [0.25, 0.3) is 5.69 Å². The van der Waals surface area contributed by atoms with Gasteiger partial charge < -0.3 is 10.1 Å². The second-order valence-corrected chi connectivity index (χ2v) is 4.83. The summed E-state index contributed by atoms with van der Waals surface area (Å²) in [5.41, 5.74) is 0.0870. The fourth-order valence-corrected chi connectivity index (χ4v) is 2.17. The largest absolute Gasteiger partial charge is 0.492 e. The summed E-state index contributed by atoms with van der Waals surface area (Å²) >= 11 is 0. The third-order valence-corrected chi connectivity index (χ3v) is 3.23. The van der Waals surface area contributed by atoms with Gasteiger partial charge in [-0.2, -0.15) is 0 Å². The van der Waals surface area contributed by atoms with Crippen LogP contribution in [0.15, 0.2) is 24.3 Å². The predicted molar refractivity (Wildman–Crippen MR) is 68.8 cm³/mol. The summed E-state index contributed by atoms with van der Waals surface area (Å²) in [7, 11) is 0. The number of nitrogens with zero attached hydrogens (tertiary/aromatic N) is 1. The molecule has 0 spiro atoms. The number of ether oxygens (including phenoxy) is 1. The van der Waals surface area contributed by atoms with E-state index in [0.717, 1.165) is 12.5 Å². The zero-order chi connectivity index (χ0) is 13.0. The van der Waals surface area contributed by atoms with Crippen LogP contribution in [0.2, 0.25) is 0 Å². The van der Waals surface area contributed by atoms with Crippen molar-refractivity contribution in [1.29, 1.82) is 0 Å². The van der Waals surface area contributed by atoms with E-state index in [2.05, 4.69) is 12.2 Å². The summed E-state index contributed by atoms with van der Waals surface area (Å²) in [5, 5.41) is 13.9. The first-order valence-electron chi connectivity index (χ1n) is 6.26. The quantitative estimate of drug-likeness (QED) is 0.478. The number of hydrogen-bond donors (Lipinski definition) is 1. The number of nitro benzene ring substituents is 1. The molecule has 0 unspecified atom stereocenters. The third-order valence-electron chi connectivity index (χ3n) is 3.23. The molecule has 0 saturated heterocycles. The Kier molecular flexibility index (Phi) is 4.15. The first-order valence-corrected chi connectivity index (χ1v) is 6.26. The third kappa shape index (κ3) is 3.43. The van der Waals surface area contributed by atoms with E-state index in [4.69, 9.17) is 4.74 Å². The maximum atomic E-state index is 10.5. The first kappa shape index (κ1) is 12.8. The van der Waals surface area contributed by atoms with Crippen LogP contribution in [-0.2, 0) is 0 Å². The molecule has 1 aliphatic rings. The minimum Gasteiger partial charge on any atom is -0.492 e. The Morgan fingerprint density at radius 3 is 2.61 bits per heavy atom. The zero-order valence-corrected chi connectivity index (χ0v) is 10.5. The Morgan fingerprint density at radius 1 is 1.39 bits per heavy atom. The van der Waals surface area contributed by atoms with E-state index in [9.17, 15) is 10.1 Å². The molecule has 0 aliphatic heterocycles. The summed E-state index contributed by atoms with van der Waals surface area (Å²) in [6.45, 7) is 3.66. The molecule has 98 valence electrons. The van der Waals surface area contributed by atoms with Crippen molar-refractivity contribution < 1.29 is 9.66 Å². The van der Waals surface area contributed by atoms with Crippen LogP contribution in [0.1, 0.15) is 19.8 Å². The summed E-state index contributed by atoms with van der Waals surface area (Å²) in [5.74, 6) is 1.52. The van der Waals surface area contributed by atoms with Crippen molar-refractivity contribution >= 4 is 5.69 Å². The lowest BCUT2D eigenvalue weighted by Crippen LogP contribution is -2.41. The highest BCUT2D eigenvalue weighted by molar-refractivity contribution is 5.35. The summed E-state index contributed by atoms with van der Waals surface area (Å²) in [6, 6.07) is 6.81. The number of benzene rings is 1. The van der Waals surface area contributed by atoms with Crippen LogP contribution in [0.3, 0.4) is 0 Å². The van der Waals surface area contributed by atoms with Crippen molar-refractivity contribution in [3.63, 3.8) is 0 Å². The molecule has 0 atom stereocenters. The second kappa shape index (κ2) is 5.82. The van der Waals surface area contributed by atoms with Crippen LogP contribution in [0.25, 0.3) is 0 Å². The Labute approximate surface area is 106 Å². The molecule has 1 fully saturated rings. The molecule has 0 aromatic heterocycles. The predicted octanol–water partition coefficient (Wildman–Crippen LogP) is 2.36. The number of hydrogen-bond acceptors (Lipinski definition) is 4. The topological polar surface area (TPSA) is 64.4 Å². The highest BCUT2D eigenvalue weighted by atomic mass is 16.6. The molecular formula is C13H18N2O3. The van der Waals surface area contributed by atoms with Gasteiger partial charge in [-0.1, -0.05) is 6.92 Å². The fourth-order valence-electron chi connectivity index (χ4n) is 2.17. The monoisotopic (exact) mass is 250 g/mol. The molecule has 0 radical (unpaired) electrons. The number of non-ortho nitro benzene ring substituents is 1. The van der Waals surface area contributed by atoms with E-state index in [-0.39, 0.29) is 5.69 Å². The molecule has 0 bridgehead atoms. The van der Waals surface area contributed by atoms with Crippen molar-refractivity contribution in [3.05, 3.63) is 34.4 Å². The molecule has 2 rings (SSSR count). The van der Waals surface area contributed by atoms with Gasteiger partial charge in [0.2, 0.25) is 0 Å². The van der Waals surface area contributed by atoms with Crippen molar-refractivity contribution in [2.75, 3.05) is 13.2 Å². The van der Waals surface area contributed by atoms with E-state index >= 15 is 0 Å². The standard InChI is InChI=1S/C13H18N2O3/c1-10-8-11(9-10)14-6-7-18-13-4-2-12(3-5-13)15(16)17/h2-5,10-11,14H,6-9H2,1H3.